The van der Waals surface area contributed by atoms with E-state index in [4.69, 9.17) is 5.26 Å². The van der Waals surface area contributed by atoms with E-state index in [1.165, 1.54) is 0 Å². The first kappa shape index (κ1) is 14.2. The molecule has 22 heavy (non-hydrogen) atoms. The summed E-state index contributed by atoms with van der Waals surface area (Å²) >= 11 is 0. The first-order valence-electron chi connectivity index (χ1n) is 7.43. The van der Waals surface area contributed by atoms with E-state index in [-0.39, 0.29) is 5.91 Å². The highest BCUT2D eigenvalue weighted by Gasteiger charge is 2.19. The van der Waals surface area contributed by atoms with Gasteiger partial charge in [0.05, 0.1) is 11.3 Å². The highest BCUT2D eigenvalue weighted by Crippen LogP contribution is 2.21. The topological polar surface area (TPSA) is 56.1 Å². The van der Waals surface area contributed by atoms with Gasteiger partial charge >= 0.3 is 0 Å². The molecule has 1 aliphatic rings. The van der Waals surface area contributed by atoms with Crippen LogP contribution in [0.5, 0.6) is 0 Å². The Bertz CT molecular complexity index is 710. The van der Waals surface area contributed by atoms with Crippen LogP contribution in [0.4, 0.5) is 11.4 Å². The fourth-order valence-electron chi connectivity index (χ4n) is 2.64. The molecule has 3 rings (SSSR count). The number of amides is 1. The largest absolute Gasteiger partial charge is 0.354 e. The highest BCUT2D eigenvalue weighted by molar-refractivity contribution is 5.94. The Labute approximate surface area is 130 Å². The van der Waals surface area contributed by atoms with Crippen molar-refractivity contribution >= 4 is 17.3 Å². The van der Waals surface area contributed by atoms with Crippen LogP contribution in [0.2, 0.25) is 0 Å². The Morgan fingerprint density at radius 2 is 1.73 bits per heavy atom. The monoisotopic (exact) mass is 291 g/mol. The van der Waals surface area contributed by atoms with Crippen LogP contribution in [0.1, 0.15) is 28.8 Å². The van der Waals surface area contributed by atoms with E-state index in [1.54, 1.807) is 6.07 Å². The number of hydrogen-bond donors (Lipinski definition) is 1. The molecule has 4 nitrogen and oxygen atoms in total. The molecule has 0 unspecified atom stereocenters. The zero-order valence-corrected chi connectivity index (χ0v) is 12.2. The minimum absolute atomic E-state index is 0.0986. The van der Waals surface area contributed by atoms with E-state index in [2.05, 4.69) is 11.4 Å². The van der Waals surface area contributed by atoms with Crippen LogP contribution in [0, 0.1) is 11.3 Å². The highest BCUT2D eigenvalue weighted by atomic mass is 16.2. The number of likely N-dealkylation sites (tertiary alicyclic amines) is 1. The molecule has 1 heterocycles. The second kappa shape index (κ2) is 6.31. The van der Waals surface area contributed by atoms with Gasteiger partial charge in [-0.25, -0.2) is 0 Å². The van der Waals surface area contributed by atoms with Gasteiger partial charge in [-0.1, -0.05) is 12.1 Å². The van der Waals surface area contributed by atoms with Crippen LogP contribution in [-0.2, 0) is 0 Å². The quantitative estimate of drug-likeness (QED) is 0.941. The van der Waals surface area contributed by atoms with Crippen molar-refractivity contribution in [2.45, 2.75) is 12.8 Å². The maximum absolute atomic E-state index is 12.3. The van der Waals surface area contributed by atoms with Gasteiger partial charge in [0.2, 0.25) is 0 Å². The average Bonchev–Trinajstić information content (AvgIpc) is 3.10. The Morgan fingerprint density at radius 1 is 1.05 bits per heavy atom. The molecule has 1 fully saturated rings. The molecule has 2 aromatic carbocycles. The van der Waals surface area contributed by atoms with E-state index in [0.717, 1.165) is 37.3 Å². The van der Waals surface area contributed by atoms with Crippen molar-refractivity contribution in [3.8, 4) is 6.07 Å². The van der Waals surface area contributed by atoms with Gasteiger partial charge in [0.25, 0.3) is 5.91 Å². The third-order valence-corrected chi connectivity index (χ3v) is 3.85. The van der Waals surface area contributed by atoms with Crippen molar-refractivity contribution in [2.24, 2.45) is 0 Å². The molecule has 1 aliphatic heterocycles. The van der Waals surface area contributed by atoms with Crippen molar-refractivity contribution in [1.29, 1.82) is 5.26 Å². The molecular formula is C18H17N3O. The van der Waals surface area contributed by atoms with Gasteiger partial charge in [0, 0.05) is 24.3 Å². The number of anilines is 2. The van der Waals surface area contributed by atoms with Crippen LogP contribution >= 0.6 is 0 Å². The van der Waals surface area contributed by atoms with E-state index in [9.17, 15) is 4.79 Å². The minimum Gasteiger partial charge on any atom is -0.354 e. The number of para-hydroxylation sites is 1. The number of nitrogens with one attached hydrogen (secondary N) is 1. The van der Waals surface area contributed by atoms with Gasteiger partial charge in [0.15, 0.2) is 0 Å². The van der Waals surface area contributed by atoms with Crippen molar-refractivity contribution in [3.63, 3.8) is 0 Å². The van der Waals surface area contributed by atoms with Gasteiger partial charge < -0.3 is 10.2 Å². The number of hydrogen-bond acceptors (Lipinski definition) is 3. The SMILES string of the molecule is N#Cc1ccccc1Nc1ccc(C(=O)N2CCCC2)cc1. The summed E-state index contributed by atoms with van der Waals surface area (Å²) in [7, 11) is 0. The van der Waals surface area contributed by atoms with E-state index >= 15 is 0 Å². The van der Waals surface area contributed by atoms with Gasteiger partial charge in [-0.05, 0) is 49.2 Å². The fraction of sp³-hybridized carbons (Fsp3) is 0.222. The van der Waals surface area contributed by atoms with Crippen LogP contribution < -0.4 is 5.32 Å². The Hall–Kier alpha value is -2.80. The summed E-state index contributed by atoms with van der Waals surface area (Å²) in [5.41, 5.74) is 2.94. The van der Waals surface area contributed by atoms with Crippen molar-refractivity contribution < 1.29 is 4.79 Å². The fourth-order valence-corrected chi connectivity index (χ4v) is 2.64. The molecule has 1 amide bonds. The molecule has 0 spiro atoms. The molecule has 0 bridgehead atoms. The van der Waals surface area contributed by atoms with Gasteiger partial charge in [0.1, 0.15) is 6.07 Å². The number of nitriles is 1. The van der Waals surface area contributed by atoms with Gasteiger partial charge in [-0.15, -0.1) is 0 Å². The second-order valence-electron chi connectivity index (χ2n) is 5.36. The predicted molar refractivity (Wildman–Crippen MR) is 86.0 cm³/mol. The standard InChI is InChI=1S/C18H17N3O/c19-13-15-5-1-2-6-17(15)20-16-9-7-14(8-10-16)18(22)21-11-3-4-12-21/h1-2,5-10,20H,3-4,11-12H2. The lowest BCUT2D eigenvalue weighted by Gasteiger charge is -2.15. The third-order valence-electron chi connectivity index (χ3n) is 3.85. The predicted octanol–water partition coefficient (Wildman–Crippen LogP) is 3.54. The zero-order valence-electron chi connectivity index (χ0n) is 12.2. The first-order chi connectivity index (χ1) is 10.8. The van der Waals surface area contributed by atoms with Crippen molar-refractivity contribution in [2.75, 3.05) is 18.4 Å². The molecule has 0 aliphatic carbocycles. The van der Waals surface area contributed by atoms with Crippen LogP contribution in [0.3, 0.4) is 0 Å². The summed E-state index contributed by atoms with van der Waals surface area (Å²) in [6.07, 6.45) is 2.19. The molecule has 0 saturated carbocycles. The Morgan fingerprint density at radius 3 is 2.41 bits per heavy atom. The summed E-state index contributed by atoms with van der Waals surface area (Å²) in [4.78, 5) is 14.2. The van der Waals surface area contributed by atoms with Gasteiger partial charge in [-0.3, -0.25) is 4.79 Å². The smallest absolute Gasteiger partial charge is 0.253 e. The average molecular weight is 291 g/mol. The molecule has 2 aromatic rings. The lowest BCUT2D eigenvalue weighted by Crippen LogP contribution is -2.27. The first-order valence-corrected chi connectivity index (χ1v) is 7.43. The van der Waals surface area contributed by atoms with E-state index in [1.807, 2.05) is 47.4 Å². The van der Waals surface area contributed by atoms with E-state index < -0.39 is 0 Å². The number of carbonyl (C=O) groups excluding carboxylic acids is 1. The molecule has 1 N–H and O–H groups in total. The lowest BCUT2D eigenvalue weighted by atomic mass is 10.1. The molecule has 0 radical (unpaired) electrons. The van der Waals surface area contributed by atoms with Crippen LogP contribution in [-0.4, -0.2) is 23.9 Å². The summed E-state index contributed by atoms with van der Waals surface area (Å²) in [5, 5.41) is 12.3. The molecule has 1 saturated heterocycles. The number of nitrogens with zero attached hydrogens (tertiary/aromatic N) is 2. The Kier molecular flexibility index (Phi) is 4.06. The summed E-state index contributed by atoms with van der Waals surface area (Å²) in [5.74, 6) is 0.0986. The summed E-state index contributed by atoms with van der Waals surface area (Å²) in [6.45, 7) is 1.71. The number of benzene rings is 2. The molecular weight excluding hydrogens is 274 g/mol. The molecule has 0 aromatic heterocycles. The Balaban J connectivity index is 1.74. The second-order valence-corrected chi connectivity index (χ2v) is 5.36. The number of rotatable bonds is 3. The van der Waals surface area contributed by atoms with Crippen LogP contribution in [0.25, 0.3) is 0 Å². The van der Waals surface area contributed by atoms with Crippen LogP contribution in [0.15, 0.2) is 48.5 Å². The van der Waals surface area contributed by atoms with Crippen molar-refractivity contribution in [3.05, 3.63) is 59.7 Å². The van der Waals surface area contributed by atoms with Crippen molar-refractivity contribution in [1.82, 2.24) is 4.90 Å². The minimum atomic E-state index is 0.0986. The molecule has 110 valence electrons. The number of carbonyl (C=O) groups is 1. The third kappa shape index (κ3) is 2.94. The zero-order chi connectivity index (χ0) is 15.4. The molecule has 4 heteroatoms. The summed E-state index contributed by atoms with van der Waals surface area (Å²) in [6, 6.07) is 16.9. The van der Waals surface area contributed by atoms with E-state index in [0.29, 0.717) is 11.1 Å². The summed E-state index contributed by atoms with van der Waals surface area (Å²) < 4.78 is 0. The maximum atomic E-state index is 12.3. The molecule has 0 atom stereocenters. The normalized spacial score (nSPS) is 13.7. The lowest BCUT2D eigenvalue weighted by molar-refractivity contribution is 0.0793. The van der Waals surface area contributed by atoms with Gasteiger partial charge in [-0.2, -0.15) is 5.26 Å². The maximum Gasteiger partial charge on any atom is 0.253 e.